The first-order valence-corrected chi connectivity index (χ1v) is 8.84. The fraction of sp³-hybridized carbons (Fsp3) is 0.579. The third-order valence-corrected chi connectivity index (χ3v) is 4.47. The average Bonchev–Trinajstić information content (AvgIpc) is 2.76. The Hall–Kier alpha value is -1.88. The van der Waals surface area contributed by atoms with E-state index in [1.165, 1.54) is 0 Å². The smallest absolute Gasteiger partial charge is 0.224 e. The lowest BCUT2D eigenvalue weighted by Gasteiger charge is -2.31. The number of hydrogen-bond donors (Lipinski definition) is 0. The van der Waals surface area contributed by atoms with Crippen molar-refractivity contribution in [2.75, 3.05) is 26.3 Å². The molecule has 1 saturated heterocycles. The number of carbonyl (C=O) groups is 2. The summed E-state index contributed by atoms with van der Waals surface area (Å²) in [7, 11) is 0. The molecule has 0 N–H and O–H groups in total. The zero-order valence-corrected chi connectivity index (χ0v) is 14.7. The lowest BCUT2D eigenvalue weighted by atomic mass is 10.1. The van der Waals surface area contributed by atoms with E-state index in [4.69, 9.17) is 4.74 Å². The van der Waals surface area contributed by atoms with E-state index in [1.54, 1.807) is 0 Å². The number of nitrogens with zero attached hydrogens (tertiary/aromatic N) is 2. The molecule has 0 spiro atoms. The fourth-order valence-electron chi connectivity index (χ4n) is 3.06. The number of benzene rings is 1. The molecule has 2 amide bonds. The van der Waals surface area contributed by atoms with Crippen LogP contribution in [0.1, 0.15) is 38.7 Å². The largest absolute Gasteiger partial charge is 0.381 e. The zero-order valence-electron chi connectivity index (χ0n) is 14.7. The molecule has 0 aliphatic carbocycles. The summed E-state index contributed by atoms with van der Waals surface area (Å²) >= 11 is 0. The topological polar surface area (TPSA) is 49.9 Å². The summed E-state index contributed by atoms with van der Waals surface area (Å²) in [6, 6.07) is 10.1. The van der Waals surface area contributed by atoms with E-state index in [2.05, 4.69) is 6.92 Å². The molecule has 24 heavy (non-hydrogen) atoms. The molecule has 0 unspecified atom stereocenters. The maximum atomic E-state index is 12.6. The highest BCUT2D eigenvalue weighted by atomic mass is 16.5. The normalized spacial score (nSPS) is 18.6. The second kappa shape index (κ2) is 9.42. The van der Waals surface area contributed by atoms with Crippen LogP contribution in [0.5, 0.6) is 0 Å². The minimum Gasteiger partial charge on any atom is -0.381 e. The van der Waals surface area contributed by atoms with Crippen LogP contribution in [-0.4, -0.2) is 54.0 Å². The number of ether oxygens (including phenoxy) is 1. The third kappa shape index (κ3) is 5.06. The Bertz CT molecular complexity index is 533. The van der Waals surface area contributed by atoms with Crippen LogP contribution in [-0.2, 0) is 20.9 Å². The standard InChI is InChI=1S/C19H28N2O3/c1-3-17-15-20(18(22)11-13-24-4-2)12-10-19(23)21(17)14-16-8-6-5-7-9-16/h5-9,17H,3-4,10-15H2,1-2H3/t17-/m0/s1. The maximum Gasteiger partial charge on any atom is 0.224 e. The predicted molar refractivity (Wildman–Crippen MR) is 93.4 cm³/mol. The van der Waals surface area contributed by atoms with Crippen LogP contribution in [0.25, 0.3) is 0 Å². The Labute approximate surface area is 144 Å². The first kappa shape index (κ1) is 18.5. The molecule has 0 bridgehead atoms. The highest BCUT2D eigenvalue weighted by Gasteiger charge is 2.30. The van der Waals surface area contributed by atoms with Crippen molar-refractivity contribution in [3.05, 3.63) is 35.9 Å². The minimum atomic E-state index is 0.0660. The van der Waals surface area contributed by atoms with Crippen LogP contribution in [0.2, 0.25) is 0 Å². The van der Waals surface area contributed by atoms with Crippen molar-refractivity contribution < 1.29 is 14.3 Å². The minimum absolute atomic E-state index is 0.0660. The zero-order chi connectivity index (χ0) is 17.4. The molecular formula is C19H28N2O3. The van der Waals surface area contributed by atoms with E-state index >= 15 is 0 Å². The van der Waals surface area contributed by atoms with Gasteiger partial charge < -0.3 is 14.5 Å². The molecule has 0 aromatic heterocycles. The molecular weight excluding hydrogens is 304 g/mol. The monoisotopic (exact) mass is 332 g/mol. The number of rotatable bonds is 7. The number of hydrogen-bond acceptors (Lipinski definition) is 3. The molecule has 1 fully saturated rings. The van der Waals surface area contributed by atoms with E-state index in [-0.39, 0.29) is 17.9 Å². The van der Waals surface area contributed by atoms with Crippen LogP contribution >= 0.6 is 0 Å². The van der Waals surface area contributed by atoms with Crippen molar-refractivity contribution in [2.24, 2.45) is 0 Å². The number of amides is 2. The van der Waals surface area contributed by atoms with E-state index in [0.29, 0.717) is 45.7 Å². The van der Waals surface area contributed by atoms with Gasteiger partial charge in [-0.05, 0) is 18.9 Å². The second-order valence-electron chi connectivity index (χ2n) is 6.11. The second-order valence-corrected chi connectivity index (χ2v) is 6.11. The third-order valence-electron chi connectivity index (χ3n) is 4.47. The molecule has 1 heterocycles. The summed E-state index contributed by atoms with van der Waals surface area (Å²) in [5.74, 6) is 0.210. The maximum absolute atomic E-state index is 12.6. The Morgan fingerprint density at radius 3 is 2.67 bits per heavy atom. The van der Waals surface area contributed by atoms with Gasteiger partial charge in [-0.1, -0.05) is 37.3 Å². The van der Waals surface area contributed by atoms with Crippen LogP contribution < -0.4 is 0 Å². The van der Waals surface area contributed by atoms with Gasteiger partial charge in [0.05, 0.1) is 13.0 Å². The van der Waals surface area contributed by atoms with Crippen molar-refractivity contribution in [2.45, 2.75) is 45.7 Å². The van der Waals surface area contributed by atoms with Gasteiger partial charge in [0.1, 0.15) is 0 Å². The molecule has 2 rings (SSSR count). The molecule has 1 aliphatic heterocycles. The van der Waals surface area contributed by atoms with E-state index < -0.39 is 0 Å². The van der Waals surface area contributed by atoms with Crippen LogP contribution in [0.3, 0.4) is 0 Å². The van der Waals surface area contributed by atoms with Gasteiger partial charge in [0, 0.05) is 38.7 Å². The van der Waals surface area contributed by atoms with Gasteiger partial charge >= 0.3 is 0 Å². The molecule has 132 valence electrons. The molecule has 1 aromatic rings. The van der Waals surface area contributed by atoms with Crippen LogP contribution in [0, 0.1) is 0 Å². The highest BCUT2D eigenvalue weighted by Crippen LogP contribution is 2.18. The van der Waals surface area contributed by atoms with Crippen molar-refractivity contribution >= 4 is 11.8 Å². The lowest BCUT2D eigenvalue weighted by Crippen LogP contribution is -2.43. The molecule has 5 nitrogen and oxygen atoms in total. The number of carbonyl (C=O) groups excluding carboxylic acids is 2. The fourth-order valence-corrected chi connectivity index (χ4v) is 3.06. The summed E-state index contributed by atoms with van der Waals surface area (Å²) in [6.07, 6.45) is 1.62. The van der Waals surface area contributed by atoms with E-state index in [0.717, 1.165) is 12.0 Å². The Morgan fingerprint density at radius 1 is 1.25 bits per heavy atom. The van der Waals surface area contributed by atoms with Gasteiger partial charge in [0.25, 0.3) is 0 Å². The Balaban J connectivity index is 2.03. The van der Waals surface area contributed by atoms with Crippen molar-refractivity contribution in [1.82, 2.24) is 9.80 Å². The summed E-state index contributed by atoms with van der Waals surface area (Å²) in [5.41, 5.74) is 1.13. The highest BCUT2D eigenvalue weighted by molar-refractivity contribution is 5.80. The first-order chi connectivity index (χ1) is 11.7. The van der Waals surface area contributed by atoms with Crippen LogP contribution in [0.15, 0.2) is 30.3 Å². The van der Waals surface area contributed by atoms with Gasteiger partial charge in [0.2, 0.25) is 11.8 Å². The van der Waals surface area contributed by atoms with Gasteiger partial charge in [-0.15, -0.1) is 0 Å². The SMILES string of the molecule is CCOCCC(=O)N1CCC(=O)N(Cc2ccccc2)[C@@H](CC)C1. The van der Waals surface area contributed by atoms with Crippen molar-refractivity contribution in [1.29, 1.82) is 0 Å². The molecule has 1 aromatic carbocycles. The summed E-state index contributed by atoms with van der Waals surface area (Å²) in [6.45, 7) is 6.79. The first-order valence-electron chi connectivity index (χ1n) is 8.84. The Kier molecular flexibility index (Phi) is 7.25. The predicted octanol–water partition coefficient (Wildman–Crippen LogP) is 2.45. The molecule has 1 atom stereocenters. The van der Waals surface area contributed by atoms with Gasteiger partial charge in [0.15, 0.2) is 0 Å². The van der Waals surface area contributed by atoms with Crippen LogP contribution in [0.4, 0.5) is 0 Å². The molecule has 5 heteroatoms. The van der Waals surface area contributed by atoms with Gasteiger partial charge in [-0.3, -0.25) is 9.59 Å². The van der Waals surface area contributed by atoms with Gasteiger partial charge in [-0.2, -0.15) is 0 Å². The quantitative estimate of drug-likeness (QED) is 0.721. The summed E-state index contributed by atoms with van der Waals surface area (Å²) in [5, 5.41) is 0. The molecule has 1 aliphatic rings. The average molecular weight is 332 g/mol. The van der Waals surface area contributed by atoms with E-state index in [1.807, 2.05) is 47.1 Å². The van der Waals surface area contributed by atoms with E-state index in [9.17, 15) is 9.59 Å². The molecule has 0 radical (unpaired) electrons. The lowest BCUT2D eigenvalue weighted by molar-refractivity contribution is -0.134. The van der Waals surface area contributed by atoms with Crippen molar-refractivity contribution in [3.63, 3.8) is 0 Å². The Morgan fingerprint density at radius 2 is 2.00 bits per heavy atom. The molecule has 0 saturated carbocycles. The van der Waals surface area contributed by atoms with Gasteiger partial charge in [-0.25, -0.2) is 0 Å². The summed E-state index contributed by atoms with van der Waals surface area (Å²) in [4.78, 5) is 28.7. The van der Waals surface area contributed by atoms with Crippen molar-refractivity contribution in [3.8, 4) is 0 Å². The summed E-state index contributed by atoms with van der Waals surface area (Å²) < 4.78 is 5.28.